The Bertz CT molecular complexity index is 1150. The van der Waals surface area contributed by atoms with E-state index in [0.717, 1.165) is 11.8 Å². The number of carbonyl (C=O) groups is 3. The highest BCUT2D eigenvalue weighted by Gasteiger charge is 2.16. The molecule has 3 N–H and O–H groups in total. The van der Waals surface area contributed by atoms with E-state index in [4.69, 9.17) is 9.84 Å². The average molecular weight is 455 g/mol. The molecule has 0 aliphatic rings. The summed E-state index contributed by atoms with van der Waals surface area (Å²) in [5, 5.41) is 23.0. The van der Waals surface area contributed by atoms with Crippen LogP contribution in [0.4, 0.5) is 11.4 Å². The van der Waals surface area contributed by atoms with Crippen molar-refractivity contribution in [1.82, 2.24) is 14.8 Å². The highest BCUT2D eigenvalue weighted by molar-refractivity contribution is 7.99. The van der Waals surface area contributed by atoms with Crippen LogP contribution in [0.1, 0.15) is 16.2 Å². The summed E-state index contributed by atoms with van der Waals surface area (Å²) in [5.74, 6) is -0.647. The molecule has 0 saturated carbocycles. The minimum Gasteiger partial charge on any atom is -0.495 e. The lowest BCUT2D eigenvalue weighted by atomic mass is 10.2. The molecule has 0 aliphatic heterocycles. The maximum Gasteiger partial charge on any atom is 0.335 e. The molecule has 1 heterocycles. The van der Waals surface area contributed by atoms with Crippen LogP contribution in [0.25, 0.3) is 0 Å². The van der Waals surface area contributed by atoms with Crippen LogP contribution in [-0.2, 0) is 23.1 Å². The number of ether oxygens (including phenoxy) is 1. The van der Waals surface area contributed by atoms with Gasteiger partial charge in [0, 0.05) is 12.7 Å². The number of carboxylic acids is 1. The molecule has 32 heavy (non-hydrogen) atoms. The SMILES string of the molecule is COc1ccccc1NC(=O)Cc1nnc(SCC(=O)Nc2cccc(C(=O)O)c2)n1C. The van der Waals surface area contributed by atoms with Gasteiger partial charge in [-0.05, 0) is 30.3 Å². The van der Waals surface area contributed by atoms with Gasteiger partial charge in [-0.25, -0.2) is 4.79 Å². The number of thioether (sulfide) groups is 1. The fourth-order valence-corrected chi connectivity index (χ4v) is 3.50. The van der Waals surface area contributed by atoms with Gasteiger partial charge in [0.25, 0.3) is 0 Å². The molecule has 0 unspecified atom stereocenters. The van der Waals surface area contributed by atoms with Crippen LogP contribution in [0.15, 0.2) is 53.7 Å². The Labute approximate surface area is 188 Å². The molecule has 2 aromatic carbocycles. The zero-order chi connectivity index (χ0) is 23.1. The molecule has 3 aromatic rings. The lowest BCUT2D eigenvalue weighted by molar-refractivity contribution is -0.116. The molecule has 10 nitrogen and oxygen atoms in total. The third-order valence-electron chi connectivity index (χ3n) is 4.35. The number of nitrogens with one attached hydrogen (secondary N) is 2. The number of aromatic carboxylic acids is 1. The van der Waals surface area contributed by atoms with Gasteiger partial charge in [0.15, 0.2) is 5.16 Å². The molecule has 166 valence electrons. The van der Waals surface area contributed by atoms with Crippen molar-refractivity contribution < 1.29 is 24.2 Å². The number of benzene rings is 2. The fourth-order valence-electron chi connectivity index (χ4n) is 2.77. The summed E-state index contributed by atoms with van der Waals surface area (Å²) in [4.78, 5) is 35.6. The Morgan fingerprint density at radius 2 is 1.84 bits per heavy atom. The summed E-state index contributed by atoms with van der Waals surface area (Å²) in [5.41, 5.74) is 1.03. The Morgan fingerprint density at radius 1 is 1.06 bits per heavy atom. The van der Waals surface area contributed by atoms with Gasteiger partial charge in [-0.1, -0.05) is 30.0 Å². The summed E-state index contributed by atoms with van der Waals surface area (Å²) in [6.07, 6.45) is -0.00368. The molecule has 3 rings (SSSR count). The number of aromatic nitrogens is 3. The van der Waals surface area contributed by atoms with E-state index in [1.165, 1.54) is 19.2 Å². The van der Waals surface area contributed by atoms with E-state index >= 15 is 0 Å². The number of hydrogen-bond donors (Lipinski definition) is 3. The molecule has 0 bridgehead atoms. The van der Waals surface area contributed by atoms with Crippen LogP contribution < -0.4 is 15.4 Å². The first kappa shape index (κ1) is 22.8. The van der Waals surface area contributed by atoms with Crippen molar-refractivity contribution in [2.75, 3.05) is 23.5 Å². The molecule has 0 fully saturated rings. The third kappa shape index (κ3) is 5.85. The van der Waals surface area contributed by atoms with Gasteiger partial charge >= 0.3 is 5.97 Å². The summed E-state index contributed by atoms with van der Waals surface area (Å²) < 4.78 is 6.86. The van der Waals surface area contributed by atoms with E-state index in [9.17, 15) is 14.4 Å². The number of amides is 2. The fraction of sp³-hybridized carbons (Fsp3) is 0.190. The Kier molecular flexibility index (Phi) is 7.45. The second-order valence-corrected chi connectivity index (χ2v) is 7.55. The molecule has 0 atom stereocenters. The van der Waals surface area contributed by atoms with Crippen molar-refractivity contribution >= 4 is 40.9 Å². The van der Waals surface area contributed by atoms with Gasteiger partial charge in [-0.2, -0.15) is 0 Å². The van der Waals surface area contributed by atoms with Crippen molar-refractivity contribution in [3.63, 3.8) is 0 Å². The predicted octanol–water partition coefficient (Wildman–Crippen LogP) is 2.43. The second kappa shape index (κ2) is 10.4. The molecule has 2 amide bonds. The van der Waals surface area contributed by atoms with E-state index in [1.54, 1.807) is 48.0 Å². The summed E-state index contributed by atoms with van der Waals surface area (Å²) in [6.45, 7) is 0. The van der Waals surface area contributed by atoms with Gasteiger partial charge in [-0.15, -0.1) is 10.2 Å². The predicted molar refractivity (Wildman–Crippen MR) is 119 cm³/mol. The Morgan fingerprint density at radius 3 is 2.59 bits per heavy atom. The molecular formula is C21H21N5O5S. The minimum atomic E-state index is -1.07. The Hall–Kier alpha value is -3.86. The molecular weight excluding hydrogens is 434 g/mol. The largest absolute Gasteiger partial charge is 0.495 e. The van der Waals surface area contributed by atoms with Gasteiger partial charge < -0.3 is 25.0 Å². The maximum atomic E-state index is 12.4. The smallest absolute Gasteiger partial charge is 0.335 e. The number of hydrogen-bond acceptors (Lipinski definition) is 7. The zero-order valence-corrected chi connectivity index (χ0v) is 18.2. The van der Waals surface area contributed by atoms with Gasteiger partial charge in [-0.3, -0.25) is 9.59 Å². The van der Waals surface area contributed by atoms with Crippen molar-refractivity contribution in [1.29, 1.82) is 0 Å². The highest BCUT2D eigenvalue weighted by atomic mass is 32.2. The number of carbonyl (C=O) groups excluding carboxylic acids is 2. The molecule has 0 radical (unpaired) electrons. The summed E-state index contributed by atoms with van der Waals surface area (Å²) in [6, 6.07) is 13.1. The van der Waals surface area contributed by atoms with E-state index in [2.05, 4.69) is 20.8 Å². The van der Waals surface area contributed by atoms with Crippen molar-refractivity contribution in [2.24, 2.45) is 7.05 Å². The number of rotatable bonds is 9. The van der Waals surface area contributed by atoms with E-state index in [0.29, 0.717) is 28.1 Å². The van der Waals surface area contributed by atoms with Crippen molar-refractivity contribution in [2.45, 2.75) is 11.6 Å². The average Bonchev–Trinajstić information content (AvgIpc) is 3.12. The van der Waals surface area contributed by atoms with Gasteiger partial charge in [0.2, 0.25) is 11.8 Å². The minimum absolute atomic E-state index is 0.00368. The number of methoxy groups -OCH3 is 1. The lowest BCUT2D eigenvalue weighted by Gasteiger charge is -2.09. The van der Waals surface area contributed by atoms with Crippen LogP contribution >= 0.6 is 11.8 Å². The second-order valence-electron chi connectivity index (χ2n) is 6.61. The Balaban J connectivity index is 1.55. The molecule has 11 heteroatoms. The summed E-state index contributed by atoms with van der Waals surface area (Å²) in [7, 11) is 3.23. The van der Waals surface area contributed by atoms with Crippen LogP contribution in [0, 0.1) is 0 Å². The molecule has 0 spiro atoms. The van der Waals surface area contributed by atoms with Gasteiger partial charge in [0.05, 0.1) is 30.5 Å². The molecule has 0 aliphatic carbocycles. The first-order chi connectivity index (χ1) is 15.4. The number of nitrogens with zero attached hydrogens (tertiary/aromatic N) is 3. The first-order valence-electron chi connectivity index (χ1n) is 9.44. The van der Waals surface area contributed by atoms with Crippen molar-refractivity contribution in [3.8, 4) is 5.75 Å². The van der Waals surface area contributed by atoms with E-state index in [-0.39, 0.29) is 29.6 Å². The van der Waals surface area contributed by atoms with Crippen LogP contribution in [0.2, 0.25) is 0 Å². The monoisotopic (exact) mass is 455 g/mol. The summed E-state index contributed by atoms with van der Waals surface area (Å²) >= 11 is 1.15. The maximum absolute atomic E-state index is 12.4. The topological polar surface area (TPSA) is 135 Å². The quantitative estimate of drug-likeness (QED) is 0.419. The number of anilines is 2. The van der Waals surface area contributed by atoms with Crippen LogP contribution in [0.3, 0.4) is 0 Å². The standard InChI is InChI=1S/C21H21N5O5S/c1-26-17(11-18(27)23-15-8-3-4-9-16(15)31-2)24-25-21(26)32-12-19(28)22-14-7-5-6-13(10-14)20(29)30/h3-10H,11-12H2,1-2H3,(H,22,28)(H,23,27)(H,29,30). The third-order valence-corrected chi connectivity index (χ3v) is 5.37. The van der Waals surface area contributed by atoms with E-state index in [1.807, 2.05) is 0 Å². The lowest BCUT2D eigenvalue weighted by Crippen LogP contribution is -2.17. The van der Waals surface area contributed by atoms with E-state index < -0.39 is 5.97 Å². The van der Waals surface area contributed by atoms with Crippen molar-refractivity contribution in [3.05, 3.63) is 59.9 Å². The normalized spacial score (nSPS) is 10.4. The number of para-hydroxylation sites is 2. The van der Waals surface area contributed by atoms with Gasteiger partial charge in [0.1, 0.15) is 11.6 Å². The number of carboxylic acid groups (broad SMARTS) is 1. The molecule has 1 aromatic heterocycles. The zero-order valence-electron chi connectivity index (χ0n) is 17.4. The highest BCUT2D eigenvalue weighted by Crippen LogP contribution is 2.23. The first-order valence-corrected chi connectivity index (χ1v) is 10.4. The van der Waals surface area contributed by atoms with Crippen LogP contribution in [0.5, 0.6) is 5.75 Å². The molecule has 0 saturated heterocycles. The van der Waals surface area contributed by atoms with Crippen LogP contribution in [-0.4, -0.2) is 50.5 Å².